The molecule has 0 unspecified atom stereocenters. The number of nitrogens with one attached hydrogen (secondary N) is 1. The Kier molecular flexibility index (Phi) is 6.84. The number of rotatable bonds is 6. The summed E-state index contributed by atoms with van der Waals surface area (Å²) in [5.74, 6) is -1.77. The molecule has 0 aliphatic carbocycles. The average Bonchev–Trinajstić information content (AvgIpc) is 2.78. The summed E-state index contributed by atoms with van der Waals surface area (Å²) in [6.07, 6.45) is 3.97. The zero-order valence-corrected chi connectivity index (χ0v) is 17.4. The van der Waals surface area contributed by atoms with Gasteiger partial charge in [0.2, 0.25) is 10.0 Å². The van der Waals surface area contributed by atoms with Crippen LogP contribution in [0.3, 0.4) is 0 Å². The molecule has 9 heteroatoms. The highest BCUT2D eigenvalue weighted by Gasteiger charge is 2.26. The summed E-state index contributed by atoms with van der Waals surface area (Å²) < 4.78 is 27.1. The Hall–Kier alpha value is -3.48. The fourth-order valence-corrected chi connectivity index (χ4v) is 4.79. The van der Waals surface area contributed by atoms with Gasteiger partial charge in [-0.1, -0.05) is 24.6 Å². The molecule has 8 nitrogen and oxygen atoms in total. The van der Waals surface area contributed by atoms with Gasteiger partial charge in [-0.05, 0) is 54.8 Å². The number of nitrogens with zero attached hydrogens (tertiary/aromatic N) is 2. The lowest BCUT2D eigenvalue weighted by Gasteiger charge is -2.26. The normalized spacial score (nSPS) is 15.1. The van der Waals surface area contributed by atoms with Crippen LogP contribution in [-0.4, -0.2) is 42.8 Å². The molecule has 2 N–H and O–H groups in total. The maximum atomic E-state index is 12.8. The lowest BCUT2D eigenvalue weighted by Crippen LogP contribution is -2.35. The number of aromatic carboxylic acids is 1. The number of benzene rings is 2. The van der Waals surface area contributed by atoms with E-state index in [1.165, 1.54) is 52.8 Å². The van der Waals surface area contributed by atoms with Crippen LogP contribution in [-0.2, 0) is 14.8 Å². The van der Waals surface area contributed by atoms with E-state index in [1.807, 2.05) is 6.07 Å². The molecule has 2 aromatic rings. The number of carboxylic acids is 1. The van der Waals surface area contributed by atoms with E-state index in [9.17, 15) is 23.3 Å². The Bertz CT molecular complexity index is 1160. The third-order valence-corrected chi connectivity index (χ3v) is 6.77. The van der Waals surface area contributed by atoms with Gasteiger partial charge in [0.05, 0.1) is 10.5 Å². The second-order valence-corrected chi connectivity index (χ2v) is 8.98. The minimum absolute atomic E-state index is 0.0824. The summed E-state index contributed by atoms with van der Waals surface area (Å²) in [6, 6.07) is 13.5. The van der Waals surface area contributed by atoms with Crippen LogP contribution < -0.4 is 5.32 Å². The van der Waals surface area contributed by atoms with Crippen molar-refractivity contribution in [1.82, 2.24) is 4.31 Å². The highest BCUT2D eigenvalue weighted by molar-refractivity contribution is 7.89. The van der Waals surface area contributed by atoms with E-state index in [0.29, 0.717) is 18.7 Å². The highest BCUT2D eigenvalue weighted by atomic mass is 32.2. The van der Waals surface area contributed by atoms with E-state index in [1.54, 1.807) is 6.07 Å². The minimum atomic E-state index is -3.65. The van der Waals surface area contributed by atoms with Gasteiger partial charge >= 0.3 is 5.97 Å². The number of sulfonamides is 1. The lowest BCUT2D eigenvalue weighted by atomic mass is 10.1. The molecular weight excluding hydrogens is 418 g/mol. The van der Waals surface area contributed by atoms with Crippen LogP contribution in [0.5, 0.6) is 0 Å². The molecule has 0 spiro atoms. The Labute approximate surface area is 180 Å². The number of carbonyl (C=O) groups is 2. The molecule has 31 heavy (non-hydrogen) atoms. The molecule has 1 aliphatic rings. The summed E-state index contributed by atoms with van der Waals surface area (Å²) in [4.78, 5) is 23.5. The summed E-state index contributed by atoms with van der Waals surface area (Å²) in [7, 11) is -3.65. The first-order chi connectivity index (χ1) is 14.8. The van der Waals surface area contributed by atoms with Crippen LogP contribution in [0.2, 0.25) is 0 Å². The maximum absolute atomic E-state index is 12.8. The molecule has 1 heterocycles. The molecule has 0 aromatic heterocycles. The Morgan fingerprint density at radius 3 is 2.35 bits per heavy atom. The van der Waals surface area contributed by atoms with Gasteiger partial charge in [-0.25, -0.2) is 13.2 Å². The van der Waals surface area contributed by atoms with Crippen molar-refractivity contribution in [2.75, 3.05) is 18.4 Å². The quantitative estimate of drug-likeness (QED) is 0.526. The number of anilines is 1. The fraction of sp³-hybridized carbons (Fsp3) is 0.227. The van der Waals surface area contributed by atoms with Crippen LogP contribution >= 0.6 is 0 Å². The number of amides is 1. The molecule has 0 radical (unpaired) electrons. The van der Waals surface area contributed by atoms with Gasteiger partial charge in [0, 0.05) is 18.8 Å². The zero-order chi connectivity index (χ0) is 22.4. The van der Waals surface area contributed by atoms with E-state index in [0.717, 1.165) is 19.3 Å². The van der Waals surface area contributed by atoms with Crippen molar-refractivity contribution in [2.45, 2.75) is 24.2 Å². The highest BCUT2D eigenvalue weighted by Crippen LogP contribution is 2.23. The third kappa shape index (κ3) is 5.36. The van der Waals surface area contributed by atoms with Crippen LogP contribution in [0.15, 0.2) is 59.0 Å². The van der Waals surface area contributed by atoms with E-state index in [2.05, 4.69) is 5.32 Å². The van der Waals surface area contributed by atoms with Crippen LogP contribution in [0.4, 0.5) is 5.69 Å². The second kappa shape index (κ2) is 9.55. The molecule has 1 amide bonds. The third-order valence-electron chi connectivity index (χ3n) is 4.88. The van der Waals surface area contributed by atoms with E-state index >= 15 is 0 Å². The Balaban J connectivity index is 1.78. The van der Waals surface area contributed by atoms with Crippen molar-refractivity contribution >= 4 is 33.7 Å². The van der Waals surface area contributed by atoms with Crippen molar-refractivity contribution in [1.29, 1.82) is 5.26 Å². The average molecular weight is 439 g/mol. The first-order valence-electron chi connectivity index (χ1n) is 9.68. The predicted molar refractivity (Wildman–Crippen MR) is 115 cm³/mol. The van der Waals surface area contributed by atoms with Crippen molar-refractivity contribution < 1.29 is 23.1 Å². The predicted octanol–water partition coefficient (Wildman–Crippen LogP) is 3.11. The van der Waals surface area contributed by atoms with Crippen molar-refractivity contribution in [3.8, 4) is 6.07 Å². The molecule has 0 bridgehead atoms. The summed E-state index contributed by atoms with van der Waals surface area (Å²) >= 11 is 0. The first kappa shape index (κ1) is 22.2. The molecule has 2 aromatic carbocycles. The molecule has 1 aliphatic heterocycles. The van der Waals surface area contributed by atoms with Gasteiger partial charge in [-0.15, -0.1) is 0 Å². The summed E-state index contributed by atoms with van der Waals surface area (Å²) in [6.45, 7) is 0.946. The number of carbonyl (C=O) groups excluding carboxylic acids is 1. The number of hydrogen-bond donors (Lipinski definition) is 2. The first-order valence-corrected chi connectivity index (χ1v) is 11.1. The fourth-order valence-electron chi connectivity index (χ4n) is 3.22. The number of hydrogen-bond acceptors (Lipinski definition) is 5. The van der Waals surface area contributed by atoms with Gasteiger partial charge in [-0.3, -0.25) is 4.79 Å². The largest absolute Gasteiger partial charge is 0.478 e. The number of piperidine rings is 1. The topological polar surface area (TPSA) is 128 Å². The maximum Gasteiger partial charge on any atom is 0.335 e. The molecule has 3 rings (SSSR count). The summed E-state index contributed by atoms with van der Waals surface area (Å²) in [5, 5.41) is 20.8. The molecule has 160 valence electrons. The molecular formula is C22H21N3O5S. The smallest absolute Gasteiger partial charge is 0.335 e. The van der Waals surface area contributed by atoms with E-state index in [-0.39, 0.29) is 21.7 Å². The second-order valence-electron chi connectivity index (χ2n) is 7.04. The number of nitriles is 1. The van der Waals surface area contributed by atoms with Gasteiger partial charge < -0.3 is 10.4 Å². The number of carboxylic acid groups (broad SMARTS) is 1. The van der Waals surface area contributed by atoms with Crippen LogP contribution in [0, 0.1) is 11.3 Å². The zero-order valence-electron chi connectivity index (χ0n) is 16.6. The molecule has 1 saturated heterocycles. The van der Waals surface area contributed by atoms with Crippen molar-refractivity contribution in [3.63, 3.8) is 0 Å². The van der Waals surface area contributed by atoms with E-state index in [4.69, 9.17) is 5.11 Å². The van der Waals surface area contributed by atoms with Crippen molar-refractivity contribution in [3.05, 3.63) is 65.2 Å². The van der Waals surface area contributed by atoms with E-state index < -0.39 is 21.9 Å². The van der Waals surface area contributed by atoms with Crippen LogP contribution in [0.1, 0.15) is 35.2 Å². The minimum Gasteiger partial charge on any atom is -0.478 e. The lowest BCUT2D eigenvalue weighted by molar-refractivity contribution is -0.112. The standard InChI is InChI=1S/C22H21N3O5S/c23-15-18(13-16-7-9-17(10-8-16)22(27)28)21(26)24-19-5-4-6-20(14-19)31(29,30)25-11-2-1-3-12-25/h4-10,13-14H,1-3,11-12H2,(H,24,26)(H,27,28)/b18-13+. The molecule has 1 fully saturated rings. The SMILES string of the molecule is N#C/C(=C\c1ccc(C(=O)O)cc1)C(=O)Nc1cccc(S(=O)(=O)N2CCCCC2)c1. The van der Waals surface area contributed by atoms with Gasteiger partial charge in [0.15, 0.2) is 0 Å². The summed E-state index contributed by atoms with van der Waals surface area (Å²) in [5.41, 5.74) is 0.628. The monoisotopic (exact) mass is 439 g/mol. The Morgan fingerprint density at radius 2 is 1.74 bits per heavy atom. The van der Waals surface area contributed by atoms with Gasteiger partial charge in [-0.2, -0.15) is 9.57 Å². The molecule has 0 atom stereocenters. The van der Waals surface area contributed by atoms with Gasteiger partial charge in [0.1, 0.15) is 11.6 Å². The van der Waals surface area contributed by atoms with Crippen molar-refractivity contribution in [2.24, 2.45) is 0 Å². The van der Waals surface area contributed by atoms with Crippen LogP contribution in [0.25, 0.3) is 6.08 Å². The molecule has 0 saturated carbocycles. The Morgan fingerprint density at radius 1 is 1.06 bits per heavy atom. The van der Waals surface area contributed by atoms with Gasteiger partial charge in [0.25, 0.3) is 5.91 Å².